The molecule has 146 valence electrons. The Morgan fingerprint density at radius 3 is 2.57 bits per heavy atom. The second-order valence-electron chi connectivity index (χ2n) is 6.25. The van der Waals surface area contributed by atoms with Gasteiger partial charge in [0.15, 0.2) is 0 Å². The third kappa shape index (κ3) is 3.83. The molecule has 0 saturated heterocycles. The van der Waals surface area contributed by atoms with E-state index >= 15 is 0 Å². The van der Waals surface area contributed by atoms with Crippen LogP contribution in [-0.2, 0) is 4.74 Å². The summed E-state index contributed by atoms with van der Waals surface area (Å²) < 4.78 is 5.79. The van der Waals surface area contributed by atoms with Crippen molar-refractivity contribution in [1.29, 1.82) is 0 Å². The van der Waals surface area contributed by atoms with E-state index in [0.717, 1.165) is 4.47 Å². The highest BCUT2D eigenvalue weighted by molar-refractivity contribution is 9.10. The van der Waals surface area contributed by atoms with Crippen LogP contribution in [0.1, 0.15) is 44.4 Å². The number of imide groups is 1. The lowest BCUT2D eigenvalue weighted by Crippen LogP contribution is -2.32. The number of pyridine rings is 1. The molecule has 2 aromatic rings. The highest BCUT2D eigenvalue weighted by Crippen LogP contribution is 2.25. The Morgan fingerprint density at radius 2 is 1.93 bits per heavy atom. The van der Waals surface area contributed by atoms with Crippen LogP contribution in [0, 0.1) is 0 Å². The van der Waals surface area contributed by atoms with Gasteiger partial charge in [0.25, 0.3) is 17.7 Å². The Balaban J connectivity index is 1.86. The van der Waals surface area contributed by atoms with Gasteiger partial charge in [0, 0.05) is 43.0 Å². The second kappa shape index (κ2) is 8.62. The molecular formula is C20H20BrN3O4. The number of fused-ring (bicyclic) bond motifs is 1. The molecule has 3 amide bonds. The molecule has 0 bridgehead atoms. The number of methoxy groups -OCH3 is 1. The summed E-state index contributed by atoms with van der Waals surface area (Å²) in [5, 5.41) is 0. The molecule has 0 spiro atoms. The lowest BCUT2D eigenvalue weighted by Gasteiger charge is -2.20. The monoisotopic (exact) mass is 445 g/mol. The summed E-state index contributed by atoms with van der Waals surface area (Å²) in [5.41, 5.74) is 0.919. The SMILES string of the molecule is CCN(C(=O)c1ccc2c(c1)C(=O)N(CCCOC)C2=O)c1ccc(Br)cn1. The molecule has 1 aliphatic rings. The van der Waals surface area contributed by atoms with E-state index < -0.39 is 0 Å². The zero-order chi connectivity index (χ0) is 20.3. The lowest BCUT2D eigenvalue weighted by atomic mass is 10.0. The van der Waals surface area contributed by atoms with Crippen LogP contribution in [-0.4, -0.2) is 54.4 Å². The summed E-state index contributed by atoms with van der Waals surface area (Å²) in [6.45, 7) is 3.01. The maximum atomic E-state index is 13.0. The van der Waals surface area contributed by atoms with Crippen molar-refractivity contribution in [3.63, 3.8) is 0 Å². The van der Waals surface area contributed by atoms with Gasteiger partial charge in [0.05, 0.1) is 11.1 Å². The van der Waals surface area contributed by atoms with E-state index in [1.807, 2.05) is 6.92 Å². The van der Waals surface area contributed by atoms with Gasteiger partial charge in [-0.15, -0.1) is 0 Å². The minimum absolute atomic E-state index is 0.257. The fourth-order valence-electron chi connectivity index (χ4n) is 3.09. The summed E-state index contributed by atoms with van der Waals surface area (Å²) in [6, 6.07) is 8.16. The van der Waals surface area contributed by atoms with E-state index in [4.69, 9.17) is 4.74 Å². The van der Waals surface area contributed by atoms with Crippen LogP contribution in [0.15, 0.2) is 41.0 Å². The zero-order valence-corrected chi connectivity index (χ0v) is 17.2. The average molecular weight is 446 g/mol. The fraction of sp³-hybridized carbons (Fsp3) is 0.300. The lowest BCUT2D eigenvalue weighted by molar-refractivity contribution is 0.0638. The number of hydrogen-bond acceptors (Lipinski definition) is 5. The molecule has 8 heteroatoms. The van der Waals surface area contributed by atoms with Crippen molar-refractivity contribution < 1.29 is 19.1 Å². The van der Waals surface area contributed by atoms with Crippen molar-refractivity contribution in [3.8, 4) is 0 Å². The van der Waals surface area contributed by atoms with Gasteiger partial charge in [-0.25, -0.2) is 4.98 Å². The van der Waals surface area contributed by atoms with E-state index in [1.165, 1.54) is 15.9 Å². The third-order valence-corrected chi connectivity index (χ3v) is 4.97. The number of benzene rings is 1. The molecule has 3 rings (SSSR count). The molecule has 0 fully saturated rings. The smallest absolute Gasteiger partial charge is 0.261 e. The summed E-state index contributed by atoms with van der Waals surface area (Å²) in [6.07, 6.45) is 2.18. The van der Waals surface area contributed by atoms with Gasteiger partial charge in [-0.2, -0.15) is 0 Å². The first-order valence-corrected chi connectivity index (χ1v) is 9.69. The predicted octanol–water partition coefficient (Wildman–Crippen LogP) is 3.14. The highest BCUT2D eigenvalue weighted by atomic mass is 79.9. The first-order valence-electron chi connectivity index (χ1n) is 8.90. The number of halogens is 1. The van der Waals surface area contributed by atoms with Crippen LogP contribution < -0.4 is 4.90 Å². The van der Waals surface area contributed by atoms with Crippen LogP contribution in [0.2, 0.25) is 0 Å². The average Bonchev–Trinajstić information content (AvgIpc) is 2.94. The van der Waals surface area contributed by atoms with Crippen molar-refractivity contribution in [1.82, 2.24) is 9.88 Å². The minimum atomic E-state index is -0.379. The van der Waals surface area contributed by atoms with Gasteiger partial charge in [0.1, 0.15) is 5.82 Å². The number of amides is 3. The van der Waals surface area contributed by atoms with Crippen LogP contribution in [0.5, 0.6) is 0 Å². The highest BCUT2D eigenvalue weighted by Gasteiger charge is 2.35. The van der Waals surface area contributed by atoms with Crippen molar-refractivity contribution in [2.24, 2.45) is 0 Å². The largest absolute Gasteiger partial charge is 0.385 e. The topological polar surface area (TPSA) is 79.8 Å². The number of anilines is 1. The Kier molecular flexibility index (Phi) is 6.21. The van der Waals surface area contributed by atoms with Gasteiger partial charge in [0.2, 0.25) is 0 Å². The van der Waals surface area contributed by atoms with E-state index in [1.54, 1.807) is 37.6 Å². The van der Waals surface area contributed by atoms with E-state index in [9.17, 15) is 14.4 Å². The van der Waals surface area contributed by atoms with E-state index in [2.05, 4.69) is 20.9 Å². The summed E-state index contributed by atoms with van der Waals surface area (Å²) in [5.74, 6) is -0.481. The number of aromatic nitrogens is 1. The van der Waals surface area contributed by atoms with Gasteiger partial charge in [-0.3, -0.25) is 24.2 Å². The van der Waals surface area contributed by atoms with Crippen molar-refractivity contribution in [2.75, 3.05) is 31.7 Å². The molecule has 1 aliphatic heterocycles. The van der Waals surface area contributed by atoms with E-state index in [-0.39, 0.29) is 29.8 Å². The molecule has 28 heavy (non-hydrogen) atoms. The predicted molar refractivity (Wildman–Crippen MR) is 108 cm³/mol. The van der Waals surface area contributed by atoms with Crippen LogP contribution in [0.25, 0.3) is 0 Å². The Morgan fingerprint density at radius 1 is 1.18 bits per heavy atom. The Labute approximate surface area is 171 Å². The number of rotatable bonds is 7. The van der Waals surface area contributed by atoms with Gasteiger partial charge < -0.3 is 4.74 Å². The maximum absolute atomic E-state index is 13.0. The van der Waals surface area contributed by atoms with Crippen LogP contribution >= 0.6 is 15.9 Å². The molecule has 0 N–H and O–H groups in total. The number of ether oxygens (including phenoxy) is 1. The number of carbonyl (C=O) groups excluding carboxylic acids is 3. The molecule has 2 heterocycles. The molecular weight excluding hydrogens is 426 g/mol. The molecule has 1 aromatic carbocycles. The maximum Gasteiger partial charge on any atom is 0.261 e. The summed E-state index contributed by atoms with van der Waals surface area (Å²) in [4.78, 5) is 45.1. The molecule has 0 atom stereocenters. The van der Waals surface area contributed by atoms with Gasteiger partial charge >= 0.3 is 0 Å². The molecule has 7 nitrogen and oxygen atoms in total. The molecule has 0 radical (unpaired) electrons. The number of nitrogens with zero attached hydrogens (tertiary/aromatic N) is 3. The standard InChI is InChI=1S/C20H20BrN3O4/c1-3-23(17-8-6-14(21)12-22-17)18(25)13-5-7-15-16(11-13)20(27)24(19(15)26)9-4-10-28-2/h5-8,11-12H,3-4,9-10H2,1-2H3. The van der Waals surface area contributed by atoms with Crippen LogP contribution in [0.3, 0.4) is 0 Å². The number of hydrogen-bond donors (Lipinski definition) is 0. The Hall–Kier alpha value is -2.58. The number of carbonyl (C=O) groups is 3. The second-order valence-corrected chi connectivity index (χ2v) is 7.17. The normalized spacial score (nSPS) is 13.0. The molecule has 0 unspecified atom stereocenters. The van der Waals surface area contributed by atoms with Gasteiger partial charge in [-0.1, -0.05) is 0 Å². The minimum Gasteiger partial charge on any atom is -0.385 e. The quantitative estimate of drug-likeness (QED) is 0.482. The first kappa shape index (κ1) is 20.2. The van der Waals surface area contributed by atoms with Crippen LogP contribution in [0.4, 0.5) is 5.82 Å². The molecule has 1 aromatic heterocycles. The van der Waals surface area contributed by atoms with Crippen molar-refractivity contribution in [3.05, 3.63) is 57.7 Å². The van der Waals surface area contributed by atoms with Crippen molar-refractivity contribution >= 4 is 39.5 Å². The summed E-state index contributed by atoms with van der Waals surface area (Å²) >= 11 is 3.32. The van der Waals surface area contributed by atoms with Crippen molar-refractivity contribution in [2.45, 2.75) is 13.3 Å². The third-order valence-electron chi connectivity index (χ3n) is 4.50. The van der Waals surface area contributed by atoms with E-state index in [0.29, 0.717) is 36.5 Å². The molecule has 0 saturated carbocycles. The zero-order valence-electron chi connectivity index (χ0n) is 15.6. The fourth-order valence-corrected chi connectivity index (χ4v) is 3.32. The first-order chi connectivity index (χ1) is 13.5. The van der Waals surface area contributed by atoms with Gasteiger partial charge in [-0.05, 0) is 59.6 Å². The summed E-state index contributed by atoms with van der Waals surface area (Å²) in [7, 11) is 1.57. The molecule has 0 aliphatic carbocycles. The Bertz CT molecular complexity index is 914.